The van der Waals surface area contributed by atoms with Crippen LogP contribution in [0.5, 0.6) is 0 Å². The number of non-ortho nitro benzene ring substituents is 1. The number of rotatable bonds is 3. The third-order valence-corrected chi connectivity index (χ3v) is 3.32. The molecule has 1 aromatic carbocycles. The summed E-state index contributed by atoms with van der Waals surface area (Å²) >= 11 is 0. The zero-order valence-electron chi connectivity index (χ0n) is 11.0. The average molecular weight is 267 g/mol. The van der Waals surface area contributed by atoms with Crippen molar-refractivity contribution in [2.24, 2.45) is 0 Å². The number of nitro benzene ring substituents is 1. The van der Waals surface area contributed by atoms with E-state index < -0.39 is 0 Å². The maximum absolute atomic E-state index is 10.7. The molecular weight excluding hydrogens is 254 g/mol. The number of imidazole rings is 1. The molecule has 0 aliphatic rings. The molecule has 5 nitrogen and oxygen atoms in total. The molecule has 3 aromatic rings. The van der Waals surface area contributed by atoms with Gasteiger partial charge in [-0.15, -0.1) is 0 Å². The Balaban J connectivity index is 1.92. The van der Waals surface area contributed by atoms with E-state index in [1.807, 2.05) is 41.9 Å². The molecule has 3 rings (SSSR count). The van der Waals surface area contributed by atoms with E-state index in [9.17, 15) is 10.1 Å². The molecule has 0 amide bonds. The van der Waals surface area contributed by atoms with Gasteiger partial charge in [0, 0.05) is 30.9 Å². The van der Waals surface area contributed by atoms with Crippen LogP contribution < -0.4 is 0 Å². The van der Waals surface area contributed by atoms with Crippen molar-refractivity contribution in [3.63, 3.8) is 0 Å². The second-order valence-corrected chi connectivity index (χ2v) is 4.74. The molecule has 0 saturated heterocycles. The molecule has 0 spiro atoms. The third-order valence-electron chi connectivity index (χ3n) is 3.32. The smallest absolute Gasteiger partial charge is 0.269 e. The summed E-state index contributed by atoms with van der Waals surface area (Å²) in [7, 11) is 0. The fourth-order valence-electron chi connectivity index (χ4n) is 2.26. The molecule has 5 heteroatoms. The van der Waals surface area contributed by atoms with Gasteiger partial charge in [-0.2, -0.15) is 0 Å². The minimum Gasteiger partial charge on any atom is -0.307 e. The monoisotopic (exact) mass is 267 g/mol. The Labute approximate surface area is 115 Å². The predicted octanol–water partition coefficient (Wildman–Crippen LogP) is 3.14. The summed E-state index contributed by atoms with van der Waals surface area (Å²) in [5, 5.41) is 10.7. The van der Waals surface area contributed by atoms with Crippen LogP contribution >= 0.6 is 0 Å². The molecule has 2 aromatic heterocycles. The van der Waals surface area contributed by atoms with Gasteiger partial charge in [0.1, 0.15) is 5.65 Å². The van der Waals surface area contributed by atoms with Crippen molar-refractivity contribution < 1.29 is 4.92 Å². The summed E-state index contributed by atoms with van der Waals surface area (Å²) in [6.07, 6.45) is 4.61. The van der Waals surface area contributed by atoms with E-state index in [0.717, 1.165) is 22.5 Å². The lowest BCUT2D eigenvalue weighted by molar-refractivity contribution is -0.384. The number of nitro groups is 1. The van der Waals surface area contributed by atoms with Crippen molar-refractivity contribution in [1.82, 2.24) is 9.38 Å². The summed E-state index contributed by atoms with van der Waals surface area (Å²) in [6.45, 7) is 1.89. The van der Waals surface area contributed by atoms with Gasteiger partial charge in [-0.3, -0.25) is 10.1 Å². The first-order chi connectivity index (χ1) is 9.63. The summed E-state index contributed by atoms with van der Waals surface area (Å²) < 4.78 is 1.97. The van der Waals surface area contributed by atoms with Gasteiger partial charge in [-0.1, -0.05) is 12.1 Å². The molecule has 0 radical (unpaired) electrons. The molecule has 0 aliphatic heterocycles. The number of benzene rings is 1. The van der Waals surface area contributed by atoms with E-state index in [1.165, 1.54) is 6.07 Å². The number of fused-ring (bicyclic) bond motifs is 1. The highest BCUT2D eigenvalue weighted by Crippen LogP contribution is 2.19. The number of aryl methyl sites for hydroxylation is 1. The summed E-state index contributed by atoms with van der Waals surface area (Å²) in [5.41, 5.74) is 3.95. The Kier molecular flexibility index (Phi) is 2.95. The first kappa shape index (κ1) is 12.3. The van der Waals surface area contributed by atoms with E-state index in [4.69, 9.17) is 0 Å². The minimum atomic E-state index is -0.373. The maximum atomic E-state index is 10.7. The van der Waals surface area contributed by atoms with Gasteiger partial charge < -0.3 is 4.40 Å². The largest absolute Gasteiger partial charge is 0.307 e. The lowest BCUT2D eigenvalue weighted by Gasteiger charge is -2.03. The van der Waals surface area contributed by atoms with E-state index in [1.54, 1.807) is 12.1 Å². The maximum Gasteiger partial charge on any atom is 0.269 e. The minimum absolute atomic E-state index is 0.126. The highest BCUT2D eigenvalue weighted by molar-refractivity contribution is 5.43. The Morgan fingerprint density at radius 1 is 1.30 bits per heavy atom. The van der Waals surface area contributed by atoms with Crippen molar-refractivity contribution in [2.75, 3.05) is 0 Å². The highest BCUT2D eigenvalue weighted by Gasteiger charge is 2.09. The van der Waals surface area contributed by atoms with Crippen molar-refractivity contribution in [1.29, 1.82) is 0 Å². The van der Waals surface area contributed by atoms with E-state index in [0.29, 0.717) is 6.42 Å². The number of hydrogen-bond donors (Lipinski definition) is 0. The van der Waals surface area contributed by atoms with Gasteiger partial charge in [-0.25, -0.2) is 4.98 Å². The normalized spacial score (nSPS) is 10.8. The summed E-state index contributed by atoms with van der Waals surface area (Å²) in [6, 6.07) is 10.8. The highest BCUT2D eigenvalue weighted by atomic mass is 16.6. The van der Waals surface area contributed by atoms with Gasteiger partial charge >= 0.3 is 0 Å². The molecule has 2 heterocycles. The first-order valence-electron chi connectivity index (χ1n) is 6.30. The van der Waals surface area contributed by atoms with Crippen LogP contribution in [0.15, 0.2) is 48.8 Å². The topological polar surface area (TPSA) is 60.4 Å². The van der Waals surface area contributed by atoms with Crippen LogP contribution in [0.2, 0.25) is 0 Å². The van der Waals surface area contributed by atoms with Gasteiger partial charge in [0.05, 0.1) is 10.6 Å². The van der Waals surface area contributed by atoms with Crippen LogP contribution in [-0.4, -0.2) is 14.3 Å². The fourth-order valence-corrected chi connectivity index (χ4v) is 2.26. The lowest BCUT2D eigenvalue weighted by Crippen LogP contribution is -1.95. The first-order valence-corrected chi connectivity index (χ1v) is 6.30. The van der Waals surface area contributed by atoms with Crippen molar-refractivity contribution in [3.8, 4) is 0 Å². The van der Waals surface area contributed by atoms with Crippen LogP contribution in [0, 0.1) is 17.0 Å². The van der Waals surface area contributed by atoms with Crippen LogP contribution in [0.3, 0.4) is 0 Å². The molecule has 0 saturated carbocycles. The standard InChI is InChI=1S/C15H13N3O2/c1-11-8-14(18(19)20)6-5-12(11)9-13-10-17-7-3-2-4-15(17)16-13/h2-8,10H,9H2,1H3. The number of pyridine rings is 1. The fraction of sp³-hybridized carbons (Fsp3) is 0.133. The van der Waals surface area contributed by atoms with Gasteiger partial charge in [-0.05, 0) is 30.2 Å². The van der Waals surface area contributed by atoms with Crippen molar-refractivity contribution >= 4 is 11.3 Å². The zero-order valence-corrected chi connectivity index (χ0v) is 11.0. The Hall–Kier alpha value is -2.69. The average Bonchev–Trinajstić information content (AvgIpc) is 2.83. The second kappa shape index (κ2) is 4.77. The number of nitrogens with zero attached hydrogens (tertiary/aromatic N) is 3. The SMILES string of the molecule is Cc1cc([N+](=O)[O-])ccc1Cc1cn2ccccc2n1. The van der Waals surface area contributed by atoms with Crippen LogP contribution in [0.25, 0.3) is 5.65 Å². The molecule has 0 atom stereocenters. The molecule has 100 valence electrons. The zero-order chi connectivity index (χ0) is 14.1. The van der Waals surface area contributed by atoms with E-state index >= 15 is 0 Å². The molecule has 0 fully saturated rings. The second-order valence-electron chi connectivity index (χ2n) is 4.74. The Morgan fingerprint density at radius 2 is 2.15 bits per heavy atom. The molecular formula is C15H13N3O2. The van der Waals surface area contributed by atoms with E-state index in [2.05, 4.69) is 4.98 Å². The quantitative estimate of drug-likeness (QED) is 0.541. The van der Waals surface area contributed by atoms with Crippen LogP contribution in [0.1, 0.15) is 16.8 Å². The molecule has 0 N–H and O–H groups in total. The Bertz CT molecular complexity index is 760. The molecule has 0 aliphatic carbocycles. The van der Waals surface area contributed by atoms with Crippen LogP contribution in [-0.2, 0) is 6.42 Å². The molecule has 0 unspecified atom stereocenters. The summed E-state index contributed by atoms with van der Waals surface area (Å²) in [4.78, 5) is 14.9. The van der Waals surface area contributed by atoms with Crippen molar-refractivity contribution in [2.45, 2.75) is 13.3 Å². The predicted molar refractivity (Wildman–Crippen MR) is 75.8 cm³/mol. The lowest BCUT2D eigenvalue weighted by atomic mass is 10.0. The van der Waals surface area contributed by atoms with Gasteiger partial charge in [0.25, 0.3) is 5.69 Å². The molecule has 20 heavy (non-hydrogen) atoms. The number of aromatic nitrogens is 2. The van der Waals surface area contributed by atoms with Gasteiger partial charge in [0.2, 0.25) is 0 Å². The van der Waals surface area contributed by atoms with E-state index in [-0.39, 0.29) is 10.6 Å². The number of hydrogen-bond acceptors (Lipinski definition) is 3. The van der Waals surface area contributed by atoms with Gasteiger partial charge in [0.15, 0.2) is 0 Å². The molecule has 0 bridgehead atoms. The third kappa shape index (κ3) is 2.25. The summed E-state index contributed by atoms with van der Waals surface area (Å²) in [5.74, 6) is 0. The van der Waals surface area contributed by atoms with Crippen molar-refractivity contribution in [3.05, 3.63) is 75.7 Å². The Morgan fingerprint density at radius 3 is 2.85 bits per heavy atom. The van der Waals surface area contributed by atoms with Crippen LogP contribution in [0.4, 0.5) is 5.69 Å².